The molecule has 1 aliphatic rings. The van der Waals surface area contributed by atoms with Gasteiger partial charge in [-0.05, 0) is 72.0 Å². The van der Waals surface area contributed by atoms with E-state index >= 15 is 0 Å². The van der Waals surface area contributed by atoms with E-state index in [1.165, 1.54) is 49.8 Å². The highest BCUT2D eigenvalue weighted by molar-refractivity contribution is 6.96. The highest BCUT2D eigenvalue weighted by atomic mass is 16.7. The molecule has 5 rings (SSSR count). The van der Waals surface area contributed by atoms with Crippen LogP contribution in [0.4, 0.5) is 0 Å². The summed E-state index contributed by atoms with van der Waals surface area (Å²) in [6, 6.07) is 30.9. The highest BCUT2D eigenvalue weighted by Crippen LogP contribution is 2.36. The van der Waals surface area contributed by atoms with Crippen molar-refractivity contribution in [2.45, 2.75) is 66.6 Å². The van der Waals surface area contributed by atoms with Crippen molar-refractivity contribution in [3.8, 4) is 11.1 Å². The lowest BCUT2D eigenvalue weighted by Crippen LogP contribution is -2.55. The summed E-state index contributed by atoms with van der Waals surface area (Å²) in [5, 5.41) is 0. The molecule has 0 atom stereocenters. The Morgan fingerprint density at radius 1 is 0.553 bits per heavy atom. The zero-order valence-corrected chi connectivity index (χ0v) is 24.1. The lowest BCUT2D eigenvalue weighted by atomic mass is 9.34. The van der Waals surface area contributed by atoms with Gasteiger partial charge in [0.05, 0.1) is 11.2 Å². The van der Waals surface area contributed by atoms with Gasteiger partial charge in [0.15, 0.2) is 0 Å². The second-order valence-corrected chi connectivity index (χ2v) is 11.9. The van der Waals surface area contributed by atoms with E-state index < -0.39 is 0 Å². The molecule has 192 valence electrons. The molecule has 38 heavy (non-hydrogen) atoms. The van der Waals surface area contributed by atoms with Crippen molar-refractivity contribution < 1.29 is 9.31 Å². The molecule has 0 radical (unpaired) electrons. The Morgan fingerprint density at radius 2 is 1.00 bits per heavy atom. The summed E-state index contributed by atoms with van der Waals surface area (Å²) in [6.45, 7) is 17.5. The third-order valence-electron chi connectivity index (χ3n) is 8.65. The maximum atomic E-state index is 6.31. The molecular formula is C34H38B2O2. The fourth-order valence-corrected chi connectivity index (χ4v) is 5.76. The van der Waals surface area contributed by atoms with Crippen molar-refractivity contribution in [1.29, 1.82) is 0 Å². The van der Waals surface area contributed by atoms with Crippen molar-refractivity contribution in [2.24, 2.45) is 0 Å². The highest BCUT2D eigenvalue weighted by Gasteiger charge is 2.51. The van der Waals surface area contributed by atoms with E-state index in [1.807, 2.05) is 0 Å². The molecule has 0 unspecified atom stereocenters. The summed E-state index contributed by atoms with van der Waals surface area (Å²) in [5.74, 6) is 0. The zero-order chi connectivity index (χ0) is 27.2. The van der Waals surface area contributed by atoms with Gasteiger partial charge in [-0.25, -0.2) is 0 Å². The molecule has 4 aromatic rings. The minimum absolute atomic E-state index is 0.183. The van der Waals surface area contributed by atoms with Gasteiger partial charge >= 0.3 is 7.12 Å². The fourth-order valence-electron chi connectivity index (χ4n) is 5.76. The summed E-state index contributed by atoms with van der Waals surface area (Å²) < 4.78 is 12.6. The molecule has 4 aromatic carbocycles. The third-order valence-corrected chi connectivity index (χ3v) is 8.65. The molecule has 0 bridgehead atoms. The Hall–Kier alpha value is -3.07. The molecule has 1 aliphatic heterocycles. The van der Waals surface area contributed by atoms with Gasteiger partial charge in [-0.1, -0.05) is 124 Å². The maximum Gasteiger partial charge on any atom is 0.494 e. The molecule has 0 N–H and O–H groups in total. The summed E-state index contributed by atoms with van der Waals surface area (Å²) in [6.07, 6.45) is 0. The topological polar surface area (TPSA) is 18.5 Å². The first-order valence-corrected chi connectivity index (χ1v) is 13.7. The second kappa shape index (κ2) is 9.91. The van der Waals surface area contributed by atoms with Crippen LogP contribution in [-0.4, -0.2) is 25.0 Å². The Bertz CT molecular complexity index is 1360. The van der Waals surface area contributed by atoms with Crippen LogP contribution in [0.25, 0.3) is 11.1 Å². The normalized spacial score (nSPS) is 16.1. The van der Waals surface area contributed by atoms with E-state index in [4.69, 9.17) is 9.31 Å². The van der Waals surface area contributed by atoms with Crippen LogP contribution in [-0.2, 0) is 9.31 Å². The van der Waals surface area contributed by atoms with Crippen molar-refractivity contribution in [1.82, 2.24) is 0 Å². The van der Waals surface area contributed by atoms with E-state index in [9.17, 15) is 0 Å². The summed E-state index contributed by atoms with van der Waals surface area (Å²) in [5.41, 5.74) is 12.1. The van der Waals surface area contributed by atoms with Crippen molar-refractivity contribution >= 4 is 35.7 Å². The first-order valence-electron chi connectivity index (χ1n) is 13.7. The molecular weight excluding hydrogens is 462 g/mol. The minimum atomic E-state index is -0.364. The van der Waals surface area contributed by atoms with Crippen LogP contribution < -0.4 is 21.9 Å². The summed E-state index contributed by atoms with van der Waals surface area (Å²) >= 11 is 0. The van der Waals surface area contributed by atoms with Gasteiger partial charge in [0.25, 0.3) is 0 Å². The third kappa shape index (κ3) is 4.77. The van der Waals surface area contributed by atoms with Gasteiger partial charge in [-0.2, -0.15) is 0 Å². The van der Waals surface area contributed by atoms with Crippen molar-refractivity contribution in [3.05, 3.63) is 107 Å². The Labute approximate surface area is 229 Å². The average molecular weight is 500 g/mol. The molecule has 1 saturated heterocycles. The zero-order valence-electron chi connectivity index (χ0n) is 24.1. The molecule has 4 heteroatoms. The van der Waals surface area contributed by atoms with Crippen LogP contribution in [0.1, 0.15) is 49.9 Å². The van der Waals surface area contributed by atoms with E-state index in [2.05, 4.69) is 140 Å². The lowest BCUT2D eigenvalue weighted by molar-refractivity contribution is 0.00578. The Kier molecular flexibility index (Phi) is 6.92. The predicted octanol–water partition coefficient (Wildman–Crippen LogP) is 5.40. The van der Waals surface area contributed by atoms with Crippen LogP contribution >= 0.6 is 0 Å². The van der Waals surface area contributed by atoms with Gasteiger partial charge < -0.3 is 9.31 Å². The standard InChI is InChI=1S/C34H38B2O2/c1-23-12-9-13-24(2)31(23)35(32-25(3)14-10-15-26(32)4)29-20-18-27(19-21-29)28-16-11-17-30(22-28)36-37-33(5,6)34(7,8)38-36/h9-22H,1-8H3. The number of benzene rings is 4. The second-order valence-electron chi connectivity index (χ2n) is 11.9. The number of hydrogen-bond acceptors (Lipinski definition) is 2. The van der Waals surface area contributed by atoms with Crippen LogP contribution in [0.3, 0.4) is 0 Å². The van der Waals surface area contributed by atoms with E-state index in [0.29, 0.717) is 0 Å². The van der Waals surface area contributed by atoms with E-state index in [-0.39, 0.29) is 25.0 Å². The molecule has 1 fully saturated rings. The van der Waals surface area contributed by atoms with Crippen molar-refractivity contribution in [3.63, 3.8) is 0 Å². The SMILES string of the molecule is Cc1cccc(C)c1B(c1ccc(-c2cccc(B3OC(C)(C)C(C)(C)O3)c2)cc1)c1c(C)cccc1C. The molecule has 0 aliphatic carbocycles. The first-order chi connectivity index (χ1) is 18.0. The number of aryl methyl sites for hydroxylation is 4. The molecule has 1 heterocycles. The smallest absolute Gasteiger partial charge is 0.399 e. The van der Waals surface area contributed by atoms with Crippen molar-refractivity contribution in [2.75, 3.05) is 0 Å². The molecule has 0 saturated carbocycles. The first kappa shape index (κ1) is 26.5. The van der Waals surface area contributed by atoms with Gasteiger partial charge in [0, 0.05) is 0 Å². The number of rotatable bonds is 5. The summed E-state index contributed by atoms with van der Waals surface area (Å²) in [4.78, 5) is 0. The largest absolute Gasteiger partial charge is 0.494 e. The Morgan fingerprint density at radius 3 is 1.47 bits per heavy atom. The van der Waals surface area contributed by atoms with E-state index in [1.54, 1.807) is 0 Å². The lowest BCUT2D eigenvalue weighted by Gasteiger charge is -2.32. The number of hydrogen-bond donors (Lipinski definition) is 0. The van der Waals surface area contributed by atoms with Gasteiger partial charge in [-0.15, -0.1) is 0 Å². The fraction of sp³-hybridized carbons (Fsp3) is 0.294. The van der Waals surface area contributed by atoms with Gasteiger partial charge in [0.1, 0.15) is 0 Å². The quantitative estimate of drug-likeness (QED) is 0.342. The average Bonchev–Trinajstić information content (AvgIpc) is 3.09. The van der Waals surface area contributed by atoms with Gasteiger partial charge in [0.2, 0.25) is 6.71 Å². The maximum absolute atomic E-state index is 6.31. The molecule has 2 nitrogen and oxygen atoms in total. The molecule has 0 spiro atoms. The van der Waals surface area contributed by atoms with Gasteiger partial charge in [-0.3, -0.25) is 0 Å². The minimum Gasteiger partial charge on any atom is -0.399 e. The van der Waals surface area contributed by atoms with Crippen LogP contribution in [0.2, 0.25) is 0 Å². The molecule has 0 aromatic heterocycles. The van der Waals surface area contributed by atoms with E-state index in [0.717, 1.165) is 5.46 Å². The summed E-state index contributed by atoms with van der Waals surface area (Å²) in [7, 11) is -0.364. The Balaban J connectivity index is 1.54. The van der Waals surface area contributed by atoms with Crippen LogP contribution in [0.5, 0.6) is 0 Å². The molecule has 0 amide bonds. The monoisotopic (exact) mass is 500 g/mol. The van der Waals surface area contributed by atoms with Crippen LogP contribution in [0.15, 0.2) is 84.9 Å². The predicted molar refractivity (Wildman–Crippen MR) is 164 cm³/mol. The van der Waals surface area contributed by atoms with Crippen LogP contribution in [0, 0.1) is 27.7 Å².